The van der Waals surface area contributed by atoms with Crippen molar-refractivity contribution in [1.82, 2.24) is 14.8 Å². The van der Waals surface area contributed by atoms with Crippen molar-refractivity contribution < 1.29 is 9.90 Å². The quantitative estimate of drug-likeness (QED) is 0.876. The van der Waals surface area contributed by atoms with Gasteiger partial charge in [-0.15, -0.1) is 0 Å². The van der Waals surface area contributed by atoms with E-state index in [0.29, 0.717) is 13.0 Å². The smallest absolute Gasteiger partial charge is 0.227 e. The molecular weight excluding hydrogens is 266 g/mol. The Labute approximate surface area is 124 Å². The van der Waals surface area contributed by atoms with Crippen molar-refractivity contribution in [3.8, 4) is 0 Å². The molecule has 1 saturated heterocycles. The summed E-state index contributed by atoms with van der Waals surface area (Å²) in [5.74, 6) is 0.184. The maximum absolute atomic E-state index is 12.4. The summed E-state index contributed by atoms with van der Waals surface area (Å²) in [5, 5.41) is 10.1. The number of aliphatic hydroxyl groups is 1. The van der Waals surface area contributed by atoms with Gasteiger partial charge in [0.2, 0.25) is 5.91 Å². The van der Waals surface area contributed by atoms with E-state index in [4.69, 9.17) is 5.11 Å². The molecule has 5 heteroatoms. The lowest BCUT2D eigenvalue weighted by molar-refractivity contribution is -0.132. The lowest BCUT2D eigenvalue weighted by atomic mass is 10.1. The van der Waals surface area contributed by atoms with Crippen molar-refractivity contribution in [2.75, 3.05) is 39.3 Å². The maximum atomic E-state index is 12.4. The lowest BCUT2D eigenvalue weighted by Crippen LogP contribution is -2.49. The van der Waals surface area contributed by atoms with Crippen LogP contribution in [0.3, 0.4) is 0 Å². The molecule has 1 aromatic heterocycles. The predicted octanol–water partition coefficient (Wildman–Crippen LogP) is 0.847. The van der Waals surface area contributed by atoms with Crippen molar-refractivity contribution in [3.05, 3.63) is 36.0 Å². The number of nitrogens with one attached hydrogen (secondary N) is 1. The van der Waals surface area contributed by atoms with Crippen LogP contribution < -0.4 is 0 Å². The first-order chi connectivity index (χ1) is 10.3. The van der Waals surface area contributed by atoms with Crippen LogP contribution in [-0.2, 0) is 11.2 Å². The Balaban J connectivity index is 1.62. The molecule has 0 atom stereocenters. The molecule has 21 heavy (non-hydrogen) atoms. The molecule has 5 nitrogen and oxygen atoms in total. The number of amides is 1. The minimum Gasteiger partial charge on any atom is -0.395 e. The first kappa shape index (κ1) is 14.1. The van der Waals surface area contributed by atoms with Gasteiger partial charge < -0.3 is 15.0 Å². The molecule has 0 unspecified atom stereocenters. The molecule has 0 radical (unpaired) electrons. The Morgan fingerprint density at radius 1 is 1.19 bits per heavy atom. The van der Waals surface area contributed by atoms with E-state index in [9.17, 15) is 4.79 Å². The number of aromatic amines is 1. The van der Waals surface area contributed by atoms with E-state index >= 15 is 0 Å². The minimum atomic E-state index is 0.184. The first-order valence-electron chi connectivity index (χ1n) is 7.44. The molecular formula is C16H21N3O2. The minimum absolute atomic E-state index is 0.184. The van der Waals surface area contributed by atoms with Crippen LogP contribution >= 0.6 is 0 Å². The fraction of sp³-hybridized carbons (Fsp3) is 0.438. The van der Waals surface area contributed by atoms with Crippen LogP contribution in [0.1, 0.15) is 5.56 Å². The number of β-amino-alcohol motifs (C(OH)–C–C–N with tert-alkyl or cyclic N) is 1. The fourth-order valence-electron chi connectivity index (χ4n) is 2.91. The molecule has 112 valence electrons. The Bertz CT molecular complexity index is 615. The van der Waals surface area contributed by atoms with Crippen molar-refractivity contribution in [2.45, 2.75) is 6.42 Å². The third-order valence-corrected chi connectivity index (χ3v) is 4.16. The number of carbonyl (C=O) groups is 1. The molecule has 2 heterocycles. The highest BCUT2D eigenvalue weighted by Crippen LogP contribution is 2.19. The van der Waals surface area contributed by atoms with E-state index in [1.165, 1.54) is 0 Å². The highest BCUT2D eigenvalue weighted by Gasteiger charge is 2.21. The number of H-pyrrole nitrogens is 1. The summed E-state index contributed by atoms with van der Waals surface area (Å²) in [5.41, 5.74) is 2.14. The Morgan fingerprint density at radius 3 is 2.71 bits per heavy atom. The predicted molar refractivity (Wildman–Crippen MR) is 82.1 cm³/mol. The normalized spacial score (nSPS) is 16.5. The van der Waals surface area contributed by atoms with Gasteiger partial charge in [-0.1, -0.05) is 18.2 Å². The third kappa shape index (κ3) is 3.09. The van der Waals surface area contributed by atoms with E-state index in [0.717, 1.165) is 42.6 Å². The SMILES string of the molecule is O=C(Cc1c[nH]c2ccccc12)N1CCN(CCO)CC1. The molecule has 1 amide bonds. The Morgan fingerprint density at radius 2 is 1.95 bits per heavy atom. The second-order valence-corrected chi connectivity index (χ2v) is 5.48. The van der Waals surface area contributed by atoms with Crippen LogP contribution in [0.2, 0.25) is 0 Å². The fourth-order valence-corrected chi connectivity index (χ4v) is 2.91. The third-order valence-electron chi connectivity index (χ3n) is 4.16. The number of piperazine rings is 1. The number of aliphatic hydroxyl groups excluding tert-OH is 1. The molecule has 0 spiro atoms. The molecule has 0 saturated carbocycles. The molecule has 2 aromatic rings. The van der Waals surface area contributed by atoms with Gasteiger partial charge >= 0.3 is 0 Å². The average molecular weight is 287 g/mol. The van der Waals surface area contributed by atoms with Gasteiger partial charge in [-0.2, -0.15) is 0 Å². The van der Waals surface area contributed by atoms with Crippen molar-refractivity contribution in [1.29, 1.82) is 0 Å². The molecule has 1 aliphatic heterocycles. The summed E-state index contributed by atoms with van der Waals surface area (Å²) in [7, 11) is 0. The van der Waals surface area contributed by atoms with Crippen LogP contribution in [-0.4, -0.2) is 65.1 Å². The van der Waals surface area contributed by atoms with Crippen LogP contribution in [0.4, 0.5) is 0 Å². The van der Waals surface area contributed by atoms with Gasteiger partial charge in [0.25, 0.3) is 0 Å². The number of carbonyl (C=O) groups excluding carboxylic acids is 1. The van der Waals surface area contributed by atoms with E-state index in [1.807, 2.05) is 35.4 Å². The number of para-hydroxylation sites is 1. The van der Waals surface area contributed by atoms with Crippen molar-refractivity contribution >= 4 is 16.8 Å². The van der Waals surface area contributed by atoms with Gasteiger partial charge in [0.1, 0.15) is 0 Å². The Hall–Kier alpha value is -1.85. The second kappa shape index (κ2) is 6.28. The van der Waals surface area contributed by atoms with Crippen molar-refractivity contribution in [3.63, 3.8) is 0 Å². The summed E-state index contributed by atoms with van der Waals surface area (Å²) in [6.07, 6.45) is 2.38. The number of nitrogens with zero attached hydrogens (tertiary/aromatic N) is 2. The largest absolute Gasteiger partial charge is 0.395 e. The summed E-state index contributed by atoms with van der Waals surface area (Å²) in [6, 6.07) is 8.06. The molecule has 1 aromatic carbocycles. The van der Waals surface area contributed by atoms with Gasteiger partial charge in [0.15, 0.2) is 0 Å². The van der Waals surface area contributed by atoms with Crippen LogP contribution in [0, 0.1) is 0 Å². The van der Waals surface area contributed by atoms with E-state index in [2.05, 4.69) is 9.88 Å². The van der Waals surface area contributed by atoms with Gasteiger partial charge in [-0.05, 0) is 11.6 Å². The summed E-state index contributed by atoms with van der Waals surface area (Å²) in [4.78, 5) is 19.7. The summed E-state index contributed by atoms with van der Waals surface area (Å²) in [6.45, 7) is 4.08. The van der Waals surface area contributed by atoms with Crippen LogP contribution in [0.5, 0.6) is 0 Å². The summed E-state index contributed by atoms with van der Waals surface area (Å²) >= 11 is 0. The first-order valence-corrected chi connectivity index (χ1v) is 7.44. The van der Waals surface area contributed by atoms with Crippen LogP contribution in [0.25, 0.3) is 10.9 Å². The topological polar surface area (TPSA) is 59.6 Å². The monoisotopic (exact) mass is 287 g/mol. The zero-order chi connectivity index (χ0) is 14.7. The van der Waals surface area contributed by atoms with E-state index in [-0.39, 0.29) is 12.5 Å². The molecule has 0 aliphatic carbocycles. The number of benzene rings is 1. The number of aromatic nitrogens is 1. The maximum Gasteiger partial charge on any atom is 0.227 e. The van der Waals surface area contributed by atoms with Crippen molar-refractivity contribution in [2.24, 2.45) is 0 Å². The number of hydrogen-bond acceptors (Lipinski definition) is 3. The Kier molecular flexibility index (Phi) is 4.22. The highest BCUT2D eigenvalue weighted by molar-refractivity contribution is 5.88. The van der Waals surface area contributed by atoms with Gasteiger partial charge in [-0.3, -0.25) is 9.69 Å². The lowest BCUT2D eigenvalue weighted by Gasteiger charge is -2.34. The molecule has 0 bridgehead atoms. The molecule has 1 aliphatic rings. The standard InChI is InChI=1S/C16H21N3O2/c20-10-9-18-5-7-19(8-6-18)16(21)11-13-12-17-15-4-2-1-3-14(13)15/h1-4,12,17,20H,5-11H2. The second-order valence-electron chi connectivity index (χ2n) is 5.48. The average Bonchev–Trinajstić information content (AvgIpc) is 2.92. The van der Waals surface area contributed by atoms with E-state index in [1.54, 1.807) is 0 Å². The highest BCUT2D eigenvalue weighted by atomic mass is 16.3. The van der Waals surface area contributed by atoms with E-state index < -0.39 is 0 Å². The van der Waals surface area contributed by atoms with Gasteiger partial charge in [-0.25, -0.2) is 0 Å². The van der Waals surface area contributed by atoms with Gasteiger partial charge in [0.05, 0.1) is 13.0 Å². The van der Waals surface area contributed by atoms with Gasteiger partial charge in [0, 0.05) is 49.8 Å². The molecule has 1 fully saturated rings. The summed E-state index contributed by atoms with van der Waals surface area (Å²) < 4.78 is 0. The zero-order valence-corrected chi connectivity index (χ0v) is 12.1. The number of rotatable bonds is 4. The number of hydrogen-bond donors (Lipinski definition) is 2. The number of fused-ring (bicyclic) bond motifs is 1. The van der Waals surface area contributed by atoms with Crippen LogP contribution in [0.15, 0.2) is 30.5 Å². The molecule has 2 N–H and O–H groups in total. The molecule has 3 rings (SSSR count). The zero-order valence-electron chi connectivity index (χ0n) is 12.1.